The summed E-state index contributed by atoms with van der Waals surface area (Å²) in [4.78, 5) is 31.0. The molecule has 3 N–H and O–H groups in total. The molecule has 1 aliphatic heterocycles. The van der Waals surface area contributed by atoms with E-state index in [4.69, 9.17) is 10.5 Å². The van der Waals surface area contributed by atoms with E-state index in [1.54, 1.807) is 12.3 Å². The third kappa shape index (κ3) is 4.99. The van der Waals surface area contributed by atoms with Crippen molar-refractivity contribution in [2.45, 2.75) is 12.8 Å². The SMILES string of the molecule is Nc1ncnc(NN=CC2=C(N3CCOCC3)C(=Cc3cccc([N+](=O)[O-])c3)CC2)c1[N+](=O)[O-]. The van der Waals surface area contributed by atoms with Crippen molar-refractivity contribution in [2.75, 3.05) is 37.5 Å². The Morgan fingerprint density at radius 3 is 2.68 bits per heavy atom. The first-order chi connectivity index (χ1) is 16.4. The Morgan fingerprint density at radius 2 is 1.94 bits per heavy atom. The van der Waals surface area contributed by atoms with E-state index in [1.807, 2.05) is 12.1 Å². The van der Waals surface area contributed by atoms with E-state index in [0.717, 1.165) is 35.2 Å². The standard InChI is InChI=1S/C21H22N8O5/c22-20-19(29(32)33)21(24-13-23-20)26-25-12-16-5-4-15(18(16)27-6-8-34-9-7-27)10-14-2-1-3-17(11-14)28(30)31/h1-3,10-13H,4-9H2,(H3,22,23,24,26). The van der Waals surface area contributed by atoms with Crippen LogP contribution in [0.5, 0.6) is 0 Å². The minimum Gasteiger partial charge on any atom is -0.378 e. The molecule has 0 bridgehead atoms. The fourth-order valence-corrected chi connectivity index (χ4v) is 3.93. The van der Waals surface area contributed by atoms with Crippen molar-refractivity contribution >= 4 is 35.3 Å². The number of morpholine rings is 1. The first-order valence-electron chi connectivity index (χ1n) is 10.5. The molecule has 2 aromatic rings. The molecule has 2 heterocycles. The highest BCUT2D eigenvalue weighted by Gasteiger charge is 2.26. The second-order valence-corrected chi connectivity index (χ2v) is 7.58. The van der Waals surface area contributed by atoms with Crippen molar-refractivity contribution in [3.8, 4) is 0 Å². The second-order valence-electron chi connectivity index (χ2n) is 7.58. The normalized spacial score (nSPS) is 17.5. The Bertz CT molecular complexity index is 1200. The maximum Gasteiger partial charge on any atom is 0.354 e. The van der Waals surface area contributed by atoms with Gasteiger partial charge in [-0.1, -0.05) is 12.1 Å². The fraction of sp³-hybridized carbons (Fsp3) is 0.286. The minimum atomic E-state index is -0.666. The number of nitrogens with zero attached hydrogens (tertiary/aromatic N) is 6. The zero-order chi connectivity index (χ0) is 24.1. The summed E-state index contributed by atoms with van der Waals surface area (Å²) in [6, 6.07) is 6.47. The monoisotopic (exact) mass is 466 g/mol. The third-order valence-electron chi connectivity index (χ3n) is 5.45. The van der Waals surface area contributed by atoms with Crippen LogP contribution in [0.25, 0.3) is 6.08 Å². The molecule has 0 amide bonds. The van der Waals surface area contributed by atoms with Crippen LogP contribution in [0, 0.1) is 20.2 Å². The molecule has 1 aliphatic carbocycles. The van der Waals surface area contributed by atoms with Gasteiger partial charge in [0.2, 0.25) is 11.6 Å². The predicted molar refractivity (Wildman–Crippen MR) is 125 cm³/mol. The highest BCUT2D eigenvalue weighted by molar-refractivity contribution is 5.84. The lowest BCUT2D eigenvalue weighted by Gasteiger charge is -2.31. The molecular weight excluding hydrogens is 444 g/mol. The number of nitrogens with one attached hydrogen (secondary N) is 1. The molecule has 1 saturated heterocycles. The van der Waals surface area contributed by atoms with Crippen LogP contribution in [0.15, 0.2) is 52.5 Å². The molecule has 0 atom stereocenters. The van der Waals surface area contributed by atoms with Crippen molar-refractivity contribution < 1.29 is 14.6 Å². The number of hydrogen-bond donors (Lipinski definition) is 2. The number of rotatable bonds is 7. The van der Waals surface area contributed by atoms with E-state index in [-0.39, 0.29) is 17.3 Å². The van der Waals surface area contributed by atoms with Gasteiger partial charge in [-0.25, -0.2) is 9.97 Å². The largest absolute Gasteiger partial charge is 0.378 e. The Labute approximate surface area is 193 Å². The number of anilines is 2. The Morgan fingerprint density at radius 1 is 1.15 bits per heavy atom. The van der Waals surface area contributed by atoms with Crippen LogP contribution >= 0.6 is 0 Å². The summed E-state index contributed by atoms with van der Waals surface area (Å²) in [5.74, 6) is -0.360. The number of ether oxygens (including phenoxy) is 1. The second kappa shape index (κ2) is 10.0. The number of nitro groups is 2. The van der Waals surface area contributed by atoms with Gasteiger partial charge < -0.3 is 15.4 Å². The van der Waals surface area contributed by atoms with Crippen molar-refractivity contribution in [3.05, 3.63) is 73.2 Å². The van der Waals surface area contributed by atoms with Crippen LogP contribution in [0.3, 0.4) is 0 Å². The van der Waals surface area contributed by atoms with Crippen molar-refractivity contribution in [2.24, 2.45) is 5.10 Å². The van der Waals surface area contributed by atoms with Crippen LogP contribution in [0.2, 0.25) is 0 Å². The number of nitro benzene ring substituents is 1. The average molecular weight is 466 g/mol. The van der Waals surface area contributed by atoms with Gasteiger partial charge in [0.05, 0.1) is 29.3 Å². The Hall–Kier alpha value is -4.39. The lowest BCUT2D eigenvalue weighted by molar-refractivity contribution is -0.384. The molecule has 1 aromatic heterocycles. The number of aromatic nitrogens is 2. The Kier molecular flexibility index (Phi) is 6.73. The molecule has 13 nitrogen and oxygen atoms in total. The first-order valence-corrected chi connectivity index (χ1v) is 10.5. The molecule has 2 aliphatic rings. The first kappa shape index (κ1) is 22.8. The molecule has 13 heteroatoms. The smallest absolute Gasteiger partial charge is 0.354 e. The number of benzene rings is 1. The zero-order valence-electron chi connectivity index (χ0n) is 18.1. The topological polar surface area (TPSA) is 175 Å². The van der Waals surface area contributed by atoms with Gasteiger partial charge >= 0.3 is 5.69 Å². The van der Waals surface area contributed by atoms with Gasteiger partial charge in [-0.05, 0) is 35.6 Å². The van der Waals surface area contributed by atoms with Gasteiger partial charge in [0, 0.05) is 30.9 Å². The molecular formula is C21H22N8O5. The van der Waals surface area contributed by atoms with E-state index < -0.39 is 15.5 Å². The molecule has 1 aromatic carbocycles. The quantitative estimate of drug-likeness (QED) is 0.350. The molecule has 0 saturated carbocycles. The number of non-ortho nitro benzene ring substituents is 1. The van der Waals surface area contributed by atoms with Gasteiger partial charge in [0.15, 0.2) is 0 Å². The molecule has 0 unspecified atom stereocenters. The van der Waals surface area contributed by atoms with Gasteiger partial charge in [-0.3, -0.25) is 25.7 Å². The average Bonchev–Trinajstić information content (AvgIpc) is 3.21. The Balaban J connectivity index is 1.65. The van der Waals surface area contributed by atoms with Crippen LogP contribution in [-0.4, -0.2) is 57.2 Å². The van der Waals surface area contributed by atoms with Gasteiger partial charge in [-0.2, -0.15) is 5.10 Å². The van der Waals surface area contributed by atoms with Crippen molar-refractivity contribution in [1.29, 1.82) is 0 Å². The van der Waals surface area contributed by atoms with Crippen LogP contribution in [0.1, 0.15) is 18.4 Å². The van der Waals surface area contributed by atoms with E-state index in [9.17, 15) is 20.2 Å². The fourth-order valence-electron chi connectivity index (χ4n) is 3.93. The van der Waals surface area contributed by atoms with Crippen molar-refractivity contribution in [3.63, 3.8) is 0 Å². The summed E-state index contributed by atoms with van der Waals surface area (Å²) < 4.78 is 5.48. The van der Waals surface area contributed by atoms with Crippen LogP contribution in [0.4, 0.5) is 23.0 Å². The highest BCUT2D eigenvalue weighted by Crippen LogP contribution is 2.35. The number of hydrazone groups is 1. The number of allylic oxidation sites excluding steroid dienone is 2. The van der Waals surface area contributed by atoms with Gasteiger partial charge in [0.1, 0.15) is 6.33 Å². The summed E-state index contributed by atoms with van der Waals surface area (Å²) >= 11 is 0. The molecule has 34 heavy (non-hydrogen) atoms. The number of nitrogen functional groups attached to an aromatic ring is 1. The summed E-state index contributed by atoms with van der Waals surface area (Å²) in [6.45, 7) is 2.56. The number of hydrogen-bond acceptors (Lipinski definition) is 11. The van der Waals surface area contributed by atoms with E-state index in [2.05, 4.69) is 25.4 Å². The lowest BCUT2D eigenvalue weighted by atomic mass is 10.1. The number of nitrogens with two attached hydrogens (primary N) is 1. The summed E-state index contributed by atoms with van der Waals surface area (Å²) in [5, 5.41) is 26.6. The summed E-state index contributed by atoms with van der Waals surface area (Å²) in [6.07, 6.45) is 6.08. The lowest BCUT2D eigenvalue weighted by Crippen LogP contribution is -2.36. The van der Waals surface area contributed by atoms with Crippen molar-refractivity contribution in [1.82, 2.24) is 14.9 Å². The molecule has 0 spiro atoms. The predicted octanol–water partition coefficient (Wildman–Crippen LogP) is 2.74. The molecule has 1 fully saturated rings. The molecule has 176 valence electrons. The van der Waals surface area contributed by atoms with E-state index >= 15 is 0 Å². The van der Waals surface area contributed by atoms with Crippen LogP contribution in [-0.2, 0) is 4.74 Å². The van der Waals surface area contributed by atoms with Gasteiger partial charge in [0.25, 0.3) is 5.69 Å². The maximum atomic E-state index is 11.3. The van der Waals surface area contributed by atoms with Crippen LogP contribution < -0.4 is 11.2 Å². The summed E-state index contributed by atoms with van der Waals surface area (Å²) in [5.41, 5.74) is 11.4. The minimum absolute atomic E-state index is 0.0287. The third-order valence-corrected chi connectivity index (χ3v) is 5.45. The van der Waals surface area contributed by atoms with E-state index in [0.29, 0.717) is 32.7 Å². The molecule has 4 rings (SSSR count). The molecule has 0 radical (unpaired) electrons. The van der Waals surface area contributed by atoms with E-state index in [1.165, 1.54) is 12.1 Å². The highest BCUT2D eigenvalue weighted by atomic mass is 16.6. The van der Waals surface area contributed by atoms with Gasteiger partial charge in [-0.15, -0.1) is 0 Å². The summed E-state index contributed by atoms with van der Waals surface area (Å²) in [7, 11) is 0. The zero-order valence-corrected chi connectivity index (χ0v) is 18.1. The maximum absolute atomic E-state index is 11.3.